The van der Waals surface area contributed by atoms with Gasteiger partial charge in [0.1, 0.15) is 24.0 Å². The molecule has 3 aliphatic heterocycles. The number of phosphoric ester groups is 1. The van der Waals surface area contributed by atoms with Gasteiger partial charge in [0.25, 0.3) is 0 Å². The Labute approximate surface area is 184 Å². The zero-order valence-corrected chi connectivity index (χ0v) is 18.8. The molecule has 3 aliphatic rings. The quantitative estimate of drug-likeness (QED) is 0.217. The number of fused-ring (bicyclic) bond motifs is 3. The predicted octanol–water partition coefficient (Wildman–Crippen LogP) is -1.10. The molecule has 4 heterocycles. The van der Waals surface area contributed by atoms with Crippen LogP contribution in [0.5, 0.6) is 0 Å². The molecule has 1 aromatic heterocycles. The van der Waals surface area contributed by atoms with Gasteiger partial charge < -0.3 is 39.4 Å². The molecule has 0 spiro atoms. The van der Waals surface area contributed by atoms with E-state index in [4.69, 9.17) is 19.4 Å². The van der Waals surface area contributed by atoms with Crippen LogP contribution in [0.25, 0.3) is 0 Å². The first kappa shape index (κ1) is 24.8. The van der Waals surface area contributed by atoms with Gasteiger partial charge in [-0.05, 0) is 0 Å². The summed E-state index contributed by atoms with van der Waals surface area (Å²) in [5.74, 6) is 0.306. The number of aliphatic hydroxyl groups is 2. The maximum atomic E-state index is 11.9. The fraction of sp³-hybridized carbons (Fsp3) is 0.583. The Bertz CT molecular complexity index is 1120. The van der Waals surface area contributed by atoms with Crippen molar-refractivity contribution in [1.82, 2.24) is 14.5 Å². The standard InChI is InChI=1S/C12H18N5O13P3/c18-8-6(3-27-32(23,24)30-33(25,26)29-31(20,21)22)28-12(9(8)19)17-5-14-7-10-13-1-2-16(10)4-15-11(7)17/h1,4-6,8-10,12,18-19H,2-3H2,(H,23,24)(H,25,26)(H2,20,21,22)/t6-,8+,9?,10?,12-/m0/s1. The van der Waals surface area contributed by atoms with Crippen molar-refractivity contribution in [3.8, 4) is 0 Å². The summed E-state index contributed by atoms with van der Waals surface area (Å²) in [7, 11) is -16.7. The van der Waals surface area contributed by atoms with Crippen LogP contribution in [0.2, 0.25) is 0 Å². The van der Waals surface area contributed by atoms with E-state index in [0.717, 1.165) is 0 Å². The van der Waals surface area contributed by atoms with Crippen LogP contribution in [-0.4, -0.2) is 88.3 Å². The molecule has 21 heteroatoms. The molecule has 0 saturated carbocycles. The van der Waals surface area contributed by atoms with Gasteiger partial charge in [0.2, 0.25) is 0 Å². The van der Waals surface area contributed by atoms with Crippen molar-refractivity contribution in [2.45, 2.75) is 30.7 Å². The maximum absolute atomic E-state index is 11.9. The lowest BCUT2D eigenvalue weighted by molar-refractivity contribution is -0.0512. The predicted molar refractivity (Wildman–Crippen MR) is 104 cm³/mol. The molecule has 4 rings (SSSR count). The summed E-state index contributed by atoms with van der Waals surface area (Å²) in [6.07, 6.45) is -1.74. The molecule has 184 valence electrons. The van der Waals surface area contributed by atoms with Crippen molar-refractivity contribution in [1.29, 1.82) is 0 Å². The summed E-state index contributed by atoms with van der Waals surface area (Å²) < 4.78 is 52.4. The number of nitrogens with zero attached hydrogens (tertiary/aromatic N) is 5. The fourth-order valence-corrected chi connectivity index (χ4v) is 6.36. The number of aliphatic imine (C=N–C) groups is 2. The van der Waals surface area contributed by atoms with Crippen LogP contribution < -0.4 is 0 Å². The molecule has 1 aromatic rings. The summed E-state index contributed by atoms with van der Waals surface area (Å²) in [6.45, 7) is -0.385. The lowest BCUT2D eigenvalue weighted by Crippen LogP contribution is -2.33. The van der Waals surface area contributed by atoms with Crippen LogP contribution in [0.3, 0.4) is 0 Å². The number of rotatable bonds is 8. The Morgan fingerprint density at radius 3 is 2.52 bits per heavy atom. The van der Waals surface area contributed by atoms with Crippen LogP contribution in [0.1, 0.15) is 18.1 Å². The number of imidazole rings is 1. The molecule has 0 bridgehead atoms. The van der Waals surface area contributed by atoms with E-state index in [9.17, 15) is 28.8 Å². The van der Waals surface area contributed by atoms with E-state index in [1.54, 1.807) is 6.21 Å². The van der Waals surface area contributed by atoms with Crippen molar-refractivity contribution in [3.63, 3.8) is 0 Å². The average molecular weight is 533 g/mol. The van der Waals surface area contributed by atoms with Gasteiger partial charge in [-0.3, -0.25) is 14.1 Å². The monoisotopic (exact) mass is 533 g/mol. The molecule has 7 atom stereocenters. The second kappa shape index (κ2) is 8.70. The third kappa shape index (κ3) is 5.33. The number of aromatic nitrogens is 2. The molecule has 6 N–H and O–H groups in total. The Balaban J connectivity index is 1.43. The minimum absolute atomic E-state index is 0.306. The lowest BCUT2D eigenvalue weighted by Gasteiger charge is -2.24. The molecule has 18 nitrogen and oxygen atoms in total. The number of hydrogen-bond donors (Lipinski definition) is 6. The molecule has 0 amide bonds. The summed E-state index contributed by atoms with van der Waals surface area (Å²) >= 11 is 0. The van der Waals surface area contributed by atoms with Gasteiger partial charge in [0, 0.05) is 6.21 Å². The molecule has 0 aromatic carbocycles. The number of phosphoric acid groups is 3. The highest BCUT2D eigenvalue weighted by atomic mass is 31.3. The molecule has 33 heavy (non-hydrogen) atoms. The number of aliphatic hydroxyl groups excluding tert-OH is 2. The van der Waals surface area contributed by atoms with Crippen LogP contribution in [0.15, 0.2) is 16.3 Å². The topological polar surface area (TPSA) is 255 Å². The van der Waals surface area contributed by atoms with Crippen LogP contribution in [-0.2, 0) is 31.6 Å². The zero-order chi connectivity index (χ0) is 24.2. The third-order valence-electron chi connectivity index (χ3n) is 4.65. The Hall–Kier alpha value is -1.36. The van der Waals surface area contributed by atoms with Gasteiger partial charge in [-0.15, -0.1) is 0 Å². The lowest BCUT2D eigenvalue weighted by atomic mass is 10.1. The zero-order valence-electron chi connectivity index (χ0n) is 16.2. The maximum Gasteiger partial charge on any atom is 0.490 e. The molecule has 4 unspecified atom stereocenters. The number of ether oxygens (including phenoxy) is 1. The first-order valence-electron chi connectivity index (χ1n) is 8.94. The van der Waals surface area contributed by atoms with E-state index < -0.39 is 60.8 Å². The molecule has 1 fully saturated rings. The van der Waals surface area contributed by atoms with Crippen LogP contribution >= 0.6 is 23.5 Å². The van der Waals surface area contributed by atoms with Gasteiger partial charge in [0.15, 0.2) is 18.2 Å². The fourth-order valence-electron chi connectivity index (χ4n) is 3.33. The molecule has 0 radical (unpaired) electrons. The minimum Gasteiger partial charge on any atom is -0.387 e. The van der Waals surface area contributed by atoms with E-state index in [1.807, 2.05) is 4.90 Å². The van der Waals surface area contributed by atoms with Gasteiger partial charge in [0.05, 0.1) is 25.8 Å². The normalized spacial score (nSPS) is 32.4. The second-order valence-corrected chi connectivity index (χ2v) is 11.4. The van der Waals surface area contributed by atoms with E-state index in [0.29, 0.717) is 18.1 Å². The highest BCUT2D eigenvalue weighted by molar-refractivity contribution is 7.66. The first-order chi connectivity index (χ1) is 15.3. The van der Waals surface area contributed by atoms with Crippen molar-refractivity contribution < 1.29 is 61.4 Å². The second-order valence-electron chi connectivity index (χ2n) is 6.94. The van der Waals surface area contributed by atoms with Gasteiger partial charge >= 0.3 is 23.5 Å². The van der Waals surface area contributed by atoms with Crippen LogP contribution in [0, 0.1) is 0 Å². The van der Waals surface area contributed by atoms with Crippen molar-refractivity contribution in [2.75, 3.05) is 13.2 Å². The van der Waals surface area contributed by atoms with Crippen molar-refractivity contribution >= 4 is 41.8 Å². The Kier molecular flexibility index (Phi) is 6.52. The Morgan fingerprint density at radius 1 is 1.09 bits per heavy atom. The van der Waals surface area contributed by atoms with Gasteiger partial charge in [-0.25, -0.2) is 23.7 Å². The van der Waals surface area contributed by atoms with Crippen molar-refractivity contribution in [2.24, 2.45) is 9.98 Å². The largest absolute Gasteiger partial charge is 0.490 e. The Morgan fingerprint density at radius 2 is 1.82 bits per heavy atom. The molecule has 1 saturated heterocycles. The van der Waals surface area contributed by atoms with Crippen LogP contribution in [0.4, 0.5) is 5.82 Å². The molecule has 0 aliphatic carbocycles. The number of hydrogen-bond acceptors (Lipinski definition) is 13. The third-order valence-corrected chi connectivity index (χ3v) is 8.45. The SMILES string of the molecule is O=P(O)(O)OP(=O)(O)OP(=O)(O)OC[C@@H]1O[C@H](n2cnc3c2N=CN2CC=NC32)C(O)[C@@H]1O. The first-order valence-corrected chi connectivity index (χ1v) is 13.5. The average Bonchev–Trinajstić information content (AvgIpc) is 3.35. The molecular formula is C12H18N5O13P3. The van der Waals surface area contributed by atoms with E-state index in [2.05, 4.69) is 28.1 Å². The molecular weight excluding hydrogens is 515 g/mol. The highest BCUT2D eigenvalue weighted by Crippen LogP contribution is 2.66. The smallest absolute Gasteiger partial charge is 0.387 e. The van der Waals surface area contributed by atoms with E-state index in [-0.39, 0.29) is 0 Å². The summed E-state index contributed by atoms with van der Waals surface area (Å²) in [5.41, 5.74) is 0.480. The highest BCUT2D eigenvalue weighted by Gasteiger charge is 2.47. The van der Waals surface area contributed by atoms with E-state index in [1.165, 1.54) is 17.2 Å². The van der Waals surface area contributed by atoms with E-state index >= 15 is 0 Å². The van der Waals surface area contributed by atoms with Crippen molar-refractivity contribution in [3.05, 3.63) is 12.0 Å². The summed E-state index contributed by atoms with van der Waals surface area (Å²) in [6, 6.07) is 0. The van der Waals surface area contributed by atoms with Gasteiger partial charge in [-0.2, -0.15) is 8.62 Å². The summed E-state index contributed by atoms with van der Waals surface area (Å²) in [5, 5.41) is 20.7. The minimum atomic E-state index is -5.70. The summed E-state index contributed by atoms with van der Waals surface area (Å²) in [4.78, 5) is 50.3. The van der Waals surface area contributed by atoms with Gasteiger partial charge in [-0.1, -0.05) is 0 Å².